The van der Waals surface area contributed by atoms with Crippen molar-refractivity contribution in [2.75, 3.05) is 18.4 Å². The molecule has 1 aliphatic rings. The van der Waals surface area contributed by atoms with Crippen LogP contribution in [0.4, 0.5) is 5.69 Å². The standard InChI is InChI=1S/C30H33N5S/c1-21-13-15-25(16-14-21)35-22(2)20-26(23(35)3)29-28(27-12-7-8-17-32-27)33-30(36)34(29)19-9-18-31-24-10-5-4-6-11-24/h4-8,10-17,20,28-29,31H,9,18-19H2,1-3H3,(H,33,36)/t28-,29+/m1/s1. The molecule has 1 saturated heterocycles. The van der Waals surface area contributed by atoms with E-state index in [1.165, 1.54) is 28.2 Å². The first-order chi connectivity index (χ1) is 17.5. The molecule has 1 aliphatic heterocycles. The summed E-state index contributed by atoms with van der Waals surface area (Å²) in [6.07, 6.45) is 2.83. The summed E-state index contributed by atoms with van der Waals surface area (Å²) in [4.78, 5) is 7.05. The number of nitrogens with zero attached hydrogens (tertiary/aromatic N) is 3. The van der Waals surface area contributed by atoms with Gasteiger partial charge in [-0.25, -0.2) is 0 Å². The Bertz CT molecular complexity index is 1310. The van der Waals surface area contributed by atoms with Crippen LogP contribution in [0.25, 0.3) is 5.69 Å². The van der Waals surface area contributed by atoms with Crippen LogP contribution in [0, 0.1) is 20.8 Å². The van der Waals surface area contributed by atoms with Crippen molar-refractivity contribution in [1.82, 2.24) is 19.8 Å². The molecule has 36 heavy (non-hydrogen) atoms. The zero-order chi connectivity index (χ0) is 25.1. The molecule has 0 spiro atoms. The van der Waals surface area contributed by atoms with Crippen molar-refractivity contribution in [3.63, 3.8) is 0 Å². The van der Waals surface area contributed by atoms with Gasteiger partial charge in [-0.05, 0) is 87.4 Å². The largest absolute Gasteiger partial charge is 0.385 e. The predicted octanol–water partition coefficient (Wildman–Crippen LogP) is 6.27. The number of hydrogen-bond acceptors (Lipinski definition) is 3. The van der Waals surface area contributed by atoms with E-state index in [9.17, 15) is 0 Å². The normalized spacial score (nSPS) is 17.3. The summed E-state index contributed by atoms with van der Waals surface area (Å²) in [5.74, 6) is 0. The van der Waals surface area contributed by atoms with Gasteiger partial charge in [-0.3, -0.25) is 4.98 Å². The summed E-state index contributed by atoms with van der Waals surface area (Å²) in [5, 5.41) is 7.91. The van der Waals surface area contributed by atoms with Crippen LogP contribution in [-0.4, -0.2) is 32.7 Å². The van der Waals surface area contributed by atoms with Crippen LogP contribution in [0.15, 0.2) is 85.1 Å². The van der Waals surface area contributed by atoms with Crippen LogP contribution in [0.5, 0.6) is 0 Å². The predicted molar refractivity (Wildman–Crippen MR) is 152 cm³/mol. The molecule has 0 amide bonds. The summed E-state index contributed by atoms with van der Waals surface area (Å²) in [5.41, 5.74) is 8.34. The Hall–Kier alpha value is -3.64. The van der Waals surface area contributed by atoms with Crippen molar-refractivity contribution in [2.45, 2.75) is 39.3 Å². The van der Waals surface area contributed by atoms with E-state index in [1.54, 1.807) is 0 Å². The lowest BCUT2D eigenvalue weighted by molar-refractivity contribution is 0.315. The molecule has 0 radical (unpaired) electrons. The van der Waals surface area contributed by atoms with E-state index in [0.29, 0.717) is 0 Å². The molecule has 4 aromatic rings. The fourth-order valence-electron chi connectivity index (χ4n) is 5.20. The van der Waals surface area contributed by atoms with E-state index in [0.717, 1.165) is 36.0 Å². The van der Waals surface area contributed by atoms with Crippen molar-refractivity contribution >= 4 is 23.0 Å². The molecule has 2 aromatic carbocycles. The molecule has 184 valence electrons. The molecule has 6 heteroatoms. The average molecular weight is 496 g/mol. The summed E-state index contributed by atoms with van der Waals surface area (Å²) in [6.45, 7) is 8.26. The quantitative estimate of drug-likeness (QED) is 0.223. The third kappa shape index (κ3) is 4.86. The average Bonchev–Trinajstić information content (AvgIpc) is 3.38. The fraction of sp³-hybridized carbons (Fsp3) is 0.267. The highest BCUT2D eigenvalue weighted by Crippen LogP contribution is 2.41. The van der Waals surface area contributed by atoms with Gasteiger partial charge in [0.2, 0.25) is 0 Å². The zero-order valence-corrected chi connectivity index (χ0v) is 21.9. The lowest BCUT2D eigenvalue weighted by Crippen LogP contribution is -2.31. The fourth-order valence-corrected chi connectivity index (χ4v) is 5.53. The molecule has 0 saturated carbocycles. The SMILES string of the molecule is Cc1ccc(-n2c(C)cc([C@H]3[C@@H](c4ccccn4)NC(=S)N3CCCNc3ccccc3)c2C)cc1. The molecule has 5 nitrogen and oxygen atoms in total. The number of nitrogens with one attached hydrogen (secondary N) is 2. The lowest BCUT2D eigenvalue weighted by Gasteiger charge is -2.28. The molecule has 1 fully saturated rings. The number of aromatic nitrogens is 2. The van der Waals surface area contributed by atoms with E-state index in [2.05, 4.69) is 102 Å². The van der Waals surface area contributed by atoms with Gasteiger partial charge in [0.15, 0.2) is 5.11 Å². The number of para-hydroxylation sites is 1. The molecular weight excluding hydrogens is 462 g/mol. The second-order valence-electron chi connectivity index (χ2n) is 9.46. The molecule has 2 aromatic heterocycles. The van der Waals surface area contributed by atoms with Gasteiger partial charge >= 0.3 is 0 Å². The Morgan fingerprint density at radius 1 is 0.944 bits per heavy atom. The molecule has 0 unspecified atom stereocenters. The molecule has 2 atom stereocenters. The third-order valence-corrected chi connectivity index (χ3v) is 7.31. The first-order valence-corrected chi connectivity index (χ1v) is 13.0. The van der Waals surface area contributed by atoms with Gasteiger partial charge in [0.1, 0.15) is 0 Å². The van der Waals surface area contributed by atoms with Crippen molar-refractivity contribution in [1.29, 1.82) is 0 Å². The minimum atomic E-state index is -0.00671. The minimum absolute atomic E-state index is 0.00671. The van der Waals surface area contributed by atoms with E-state index in [1.807, 2.05) is 24.4 Å². The number of rotatable bonds is 8. The van der Waals surface area contributed by atoms with Crippen LogP contribution < -0.4 is 10.6 Å². The maximum Gasteiger partial charge on any atom is 0.170 e. The number of aryl methyl sites for hydroxylation is 2. The monoisotopic (exact) mass is 495 g/mol. The number of hydrogen-bond donors (Lipinski definition) is 2. The second-order valence-corrected chi connectivity index (χ2v) is 9.85. The van der Waals surface area contributed by atoms with Crippen LogP contribution in [0.2, 0.25) is 0 Å². The molecule has 0 bridgehead atoms. The third-order valence-electron chi connectivity index (χ3n) is 6.96. The highest BCUT2D eigenvalue weighted by Gasteiger charge is 2.41. The van der Waals surface area contributed by atoms with Gasteiger partial charge in [-0.2, -0.15) is 0 Å². The van der Waals surface area contributed by atoms with E-state index in [-0.39, 0.29) is 12.1 Å². The van der Waals surface area contributed by atoms with Crippen LogP contribution in [0.3, 0.4) is 0 Å². The van der Waals surface area contributed by atoms with Crippen LogP contribution in [0.1, 0.15) is 46.7 Å². The molecule has 5 rings (SSSR count). The Labute approximate surface area is 219 Å². The van der Waals surface area contributed by atoms with Gasteiger partial charge in [0, 0.05) is 42.0 Å². The van der Waals surface area contributed by atoms with Crippen molar-refractivity contribution in [2.24, 2.45) is 0 Å². The Balaban J connectivity index is 1.45. The van der Waals surface area contributed by atoms with Gasteiger partial charge < -0.3 is 20.1 Å². The summed E-state index contributed by atoms with van der Waals surface area (Å²) < 4.78 is 2.35. The molecule has 3 heterocycles. The summed E-state index contributed by atoms with van der Waals surface area (Å²) >= 11 is 5.89. The van der Waals surface area contributed by atoms with Gasteiger partial charge in [0.05, 0.1) is 17.8 Å². The van der Waals surface area contributed by atoms with Crippen molar-refractivity contribution in [3.05, 3.63) is 113 Å². The number of anilines is 1. The van der Waals surface area contributed by atoms with Gasteiger partial charge in [-0.15, -0.1) is 0 Å². The topological polar surface area (TPSA) is 45.1 Å². The lowest BCUT2D eigenvalue weighted by atomic mass is 9.96. The minimum Gasteiger partial charge on any atom is -0.385 e. The van der Waals surface area contributed by atoms with Crippen molar-refractivity contribution in [3.8, 4) is 5.69 Å². The number of pyridine rings is 1. The summed E-state index contributed by atoms with van der Waals surface area (Å²) in [6, 6.07) is 27.5. The van der Waals surface area contributed by atoms with E-state index < -0.39 is 0 Å². The smallest absolute Gasteiger partial charge is 0.170 e. The van der Waals surface area contributed by atoms with Crippen LogP contribution >= 0.6 is 12.2 Å². The van der Waals surface area contributed by atoms with E-state index >= 15 is 0 Å². The maximum atomic E-state index is 5.89. The number of thiocarbonyl (C=S) groups is 1. The molecule has 2 N–H and O–H groups in total. The first-order valence-electron chi connectivity index (χ1n) is 12.6. The highest BCUT2D eigenvalue weighted by atomic mass is 32.1. The Morgan fingerprint density at radius 2 is 1.69 bits per heavy atom. The van der Waals surface area contributed by atoms with Gasteiger partial charge in [0.25, 0.3) is 0 Å². The summed E-state index contributed by atoms with van der Waals surface area (Å²) in [7, 11) is 0. The van der Waals surface area contributed by atoms with Gasteiger partial charge in [-0.1, -0.05) is 42.0 Å². The van der Waals surface area contributed by atoms with Crippen molar-refractivity contribution < 1.29 is 0 Å². The number of benzene rings is 2. The zero-order valence-electron chi connectivity index (χ0n) is 21.1. The first kappa shape index (κ1) is 24.1. The Morgan fingerprint density at radius 3 is 2.42 bits per heavy atom. The van der Waals surface area contributed by atoms with E-state index in [4.69, 9.17) is 17.2 Å². The maximum absolute atomic E-state index is 5.89. The second kappa shape index (κ2) is 10.5. The molecule has 0 aliphatic carbocycles. The molecular formula is C30H33N5S. The Kier molecular flexibility index (Phi) is 7.05. The van der Waals surface area contributed by atoms with Crippen LogP contribution in [-0.2, 0) is 0 Å². The highest BCUT2D eigenvalue weighted by molar-refractivity contribution is 7.80.